The second kappa shape index (κ2) is 12.2. The maximum Gasteiger partial charge on any atom is 0.326 e. The van der Waals surface area contributed by atoms with E-state index in [0.717, 1.165) is 63.0 Å². The van der Waals surface area contributed by atoms with Crippen molar-refractivity contribution in [2.24, 2.45) is 0 Å². The molecule has 0 fully saturated rings. The number of aliphatic hydroxyl groups is 1. The molecule has 2 atom stereocenters. The van der Waals surface area contributed by atoms with Crippen LogP contribution in [0.3, 0.4) is 0 Å². The van der Waals surface area contributed by atoms with Gasteiger partial charge in [0.2, 0.25) is 0 Å². The van der Waals surface area contributed by atoms with Gasteiger partial charge in [0.05, 0.1) is 0 Å². The number of aromatic nitrogens is 1. The van der Waals surface area contributed by atoms with Crippen LogP contribution in [0.15, 0.2) is 42.5 Å². The first-order valence-corrected chi connectivity index (χ1v) is 11.5. The number of carboxylic acids is 1. The fourth-order valence-corrected chi connectivity index (χ4v) is 3.99. The molecule has 172 valence electrons. The molecule has 32 heavy (non-hydrogen) atoms. The molecule has 0 unspecified atom stereocenters. The topological polar surface area (TPSA) is 112 Å². The van der Waals surface area contributed by atoms with Crippen LogP contribution in [0.4, 0.5) is 5.82 Å². The highest BCUT2D eigenvalue weighted by Gasteiger charge is 2.24. The summed E-state index contributed by atoms with van der Waals surface area (Å²) in [6.45, 7) is 0.993. The summed E-state index contributed by atoms with van der Waals surface area (Å²) in [6, 6.07) is 11.8. The summed E-state index contributed by atoms with van der Waals surface area (Å²) in [5.74, 6) is -0.728. The Morgan fingerprint density at radius 2 is 1.78 bits per heavy atom. The van der Waals surface area contributed by atoms with Gasteiger partial charge in [-0.2, -0.15) is 0 Å². The number of nitrogens with zero attached hydrogens (tertiary/aromatic N) is 1. The summed E-state index contributed by atoms with van der Waals surface area (Å²) in [4.78, 5) is 28.4. The van der Waals surface area contributed by atoms with E-state index >= 15 is 0 Å². The van der Waals surface area contributed by atoms with E-state index in [1.807, 2.05) is 0 Å². The third-order valence-electron chi connectivity index (χ3n) is 5.86. The van der Waals surface area contributed by atoms with Gasteiger partial charge in [0, 0.05) is 12.2 Å². The van der Waals surface area contributed by atoms with Crippen molar-refractivity contribution in [2.45, 2.75) is 69.9 Å². The number of rotatable bonds is 12. The normalized spacial score (nSPS) is 14.7. The monoisotopic (exact) mass is 439 g/mol. The second-order valence-electron chi connectivity index (χ2n) is 8.36. The van der Waals surface area contributed by atoms with Crippen molar-refractivity contribution in [2.75, 3.05) is 11.9 Å². The largest absolute Gasteiger partial charge is 0.480 e. The molecule has 2 aromatic rings. The van der Waals surface area contributed by atoms with Gasteiger partial charge in [0.1, 0.15) is 11.9 Å². The first-order chi connectivity index (χ1) is 15.5. The maximum atomic E-state index is 12.2. The third kappa shape index (κ3) is 7.05. The minimum Gasteiger partial charge on any atom is -0.480 e. The maximum absolute atomic E-state index is 12.2. The highest BCUT2D eigenvalue weighted by Crippen LogP contribution is 2.20. The van der Waals surface area contributed by atoms with Crippen molar-refractivity contribution < 1.29 is 19.8 Å². The van der Waals surface area contributed by atoms with Crippen molar-refractivity contribution in [1.29, 1.82) is 0 Å². The molecule has 0 aliphatic carbocycles. The van der Waals surface area contributed by atoms with Gasteiger partial charge >= 0.3 is 5.97 Å². The number of carbonyl (C=O) groups is 2. The van der Waals surface area contributed by atoms with E-state index < -0.39 is 24.0 Å². The van der Waals surface area contributed by atoms with Crippen LogP contribution in [0.25, 0.3) is 0 Å². The van der Waals surface area contributed by atoms with Crippen molar-refractivity contribution in [3.63, 3.8) is 0 Å². The minimum atomic E-state index is -1.37. The predicted molar refractivity (Wildman–Crippen MR) is 123 cm³/mol. The Kier molecular flexibility index (Phi) is 9.04. The molecule has 1 amide bonds. The smallest absolute Gasteiger partial charge is 0.326 e. The Morgan fingerprint density at radius 1 is 1.03 bits per heavy atom. The molecule has 1 aromatic heterocycles. The number of aliphatic carboxylic acids is 1. The average molecular weight is 440 g/mol. The molecule has 2 heterocycles. The van der Waals surface area contributed by atoms with Gasteiger partial charge in [-0.3, -0.25) is 4.79 Å². The van der Waals surface area contributed by atoms with Gasteiger partial charge in [-0.1, -0.05) is 62.1 Å². The first-order valence-electron chi connectivity index (χ1n) is 11.5. The zero-order chi connectivity index (χ0) is 22.8. The molecular formula is C25H33N3O4. The molecule has 7 nitrogen and oxygen atoms in total. The number of carbonyl (C=O) groups excluding carboxylic acids is 1. The quantitative estimate of drug-likeness (QED) is 0.376. The molecule has 0 saturated carbocycles. The standard InChI is InChI=1S/C25H33N3O4/c29-22(18-10-5-4-6-11-18)24(30)28-21(25(31)32)14-8-3-1-2-7-13-20-16-15-19-12-9-17-26-23(19)27-20/h4-6,10-11,15-16,21-22,29H,1-3,7-9,12-14,17H2,(H,26,27)(H,28,30)(H,31,32)/t21-,22+/m0/s1. The highest BCUT2D eigenvalue weighted by molar-refractivity contribution is 5.86. The number of nitrogens with one attached hydrogen (secondary N) is 2. The van der Waals surface area contributed by atoms with Crippen LogP contribution in [-0.4, -0.2) is 39.7 Å². The van der Waals surface area contributed by atoms with Crippen molar-refractivity contribution in [3.05, 3.63) is 59.3 Å². The van der Waals surface area contributed by atoms with Crippen LogP contribution in [0.5, 0.6) is 0 Å². The molecule has 0 saturated heterocycles. The summed E-state index contributed by atoms with van der Waals surface area (Å²) >= 11 is 0. The van der Waals surface area contributed by atoms with Gasteiger partial charge in [0.25, 0.3) is 5.91 Å². The van der Waals surface area contributed by atoms with Crippen molar-refractivity contribution in [1.82, 2.24) is 10.3 Å². The third-order valence-corrected chi connectivity index (χ3v) is 5.86. The van der Waals surface area contributed by atoms with Gasteiger partial charge in [-0.15, -0.1) is 0 Å². The van der Waals surface area contributed by atoms with Crippen molar-refractivity contribution >= 4 is 17.7 Å². The zero-order valence-electron chi connectivity index (χ0n) is 18.4. The number of carboxylic acid groups (broad SMARTS) is 1. The number of benzene rings is 1. The molecule has 0 radical (unpaired) electrons. The number of aryl methyl sites for hydroxylation is 2. The molecule has 1 aliphatic rings. The summed E-state index contributed by atoms with van der Waals surface area (Å²) in [5.41, 5.74) is 2.86. The minimum absolute atomic E-state index is 0.348. The molecule has 3 rings (SSSR count). The van der Waals surface area contributed by atoms with E-state index in [-0.39, 0.29) is 0 Å². The Bertz CT molecular complexity index is 888. The van der Waals surface area contributed by atoms with E-state index in [1.165, 1.54) is 5.56 Å². The fourth-order valence-electron chi connectivity index (χ4n) is 3.99. The molecule has 1 aromatic carbocycles. The van der Waals surface area contributed by atoms with Crippen LogP contribution in [0.2, 0.25) is 0 Å². The number of amides is 1. The number of anilines is 1. The van der Waals surface area contributed by atoms with Gasteiger partial charge in [-0.25, -0.2) is 9.78 Å². The Hall–Kier alpha value is -2.93. The Morgan fingerprint density at radius 3 is 2.56 bits per heavy atom. The fraction of sp³-hybridized carbons (Fsp3) is 0.480. The van der Waals surface area contributed by atoms with E-state index in [1.54, 1.807) is 30.3 Å². The van der Waals surface area contributed by atoms with Crippen molar-refractivity contribution in [3.8, 4) is 0 Å². The van der Waals surface area contributed by atoms with Crippen LogP contribution < -0.4 is 10.6 Å². The molecule has 4 N–H and O–H groups in total. The van der Waals surface area contributed by atoms with E-state index in [2.05, 4.69) is 22.8 Å². The molecule has 0 spiro atoms. The summed E-state index contributed by atoms with van der Waals surface area (Å²) < 4.78 is 0. The number of aliphatic hydroxyl groups excluding tert-OH is 1. The summed E-state index contributed by atoms with van der Waals surface area (Å²) in [6.07, 6.45) is 6.91. The lowest BCUT2D eigenvalue weighted by atomic mass is 10.0. The molecule has 1 aliphatic heterocycles. The lowest BCUT2D eigenvalue weighted by Crippen LogP contribution is -2.43. The average Bonchev–Trinajstić information content (AvgIpc) is 2.82. The number of unbranched alkanes of at least 4 members (excludes halogenated alkanes) is 4. The molecule has 0 bridgehead atoms. The van der Waals surface area contributed by atoms with Crippen LogP contribution in [0, 0.1) is 0 Å². The number of pyridine rings is 1. The Balaban J connectivity index is 1.32. The molecular weight excluding hydrogens is 406 g/mol. The lowest BCUT2D eigenvalue weighted by molar-refractivity contribution is -0.143. The zero-order valence-corrected chi connectivity index (χ0v) is 18.4. The van der Waals surface area contributed by atoms with E-state index in [9.17, 15) is 19.8 Å². The number of hydrogen-bond donors (Lipinski definition) is 4. The van der Waals surface area contributed by atoms with E-state index in [0.29, 0.717) is 18.4 Å². The SMILES string of the molecule is O=C(O)[C@H](CCCCCCCc1ccc2c(n1)NCCC2)NC(=O)[C@H](O)c1ccccc1. The van der Waals surface area contributed by atoms with Gasteiger partial charge in [0.15, 0.2) is 6.10 Å². The van der Waals surface area contributed by atoms with Crippen LogP contribution in [-0.2, 0) is 22.4 Å². The van der Waals surface area contributed by atoms with Gasteiger partial charge in [-0.05, 0) is 49.3 Å². The summed E-state index contributed by atoms with van der Waals surface area (Å²) in [5, 5.41) is 25.4. The van der Waals surface area contributed by atoms with Crippen LogP contribution in [0.1, 0.15) is 67.9 Å². The first kappa shape index (κ1) is 23.7. The van der Waals surface area contributed by atoms with Crippen LogP contribution >= 0.6 is 0 Å². The number of hydrogen-bond acceptors (Lipinski definition) is 5. The predicted octanol–water partition coefficient (Wildman–Crippen LogP) is 3.63. The van der Waals surface area contributed by atoms with Gasteiger partial charge < -0.3 is 20.8 Å². The highest BCUT2D eigenvalue weighted by atomic mass is 16.4. The lowest BCUT2D eigenvalue weighted by Gasteiger charge is -2.17. The molecule has 7 heteroatoms. The Labute approximate surface area is 189 Å². The number of fused-ring (bicyclic) bond motifs is 1. The second-order valence-corrected chi connectivity index (χ2v) is 8.36. The summed E-state index contributed by atoms with van der Waals surface area (Å²) in [7, 11) is 0. The van der Waals surface area contributed by atoms with E-state index in [4.69, 9.17) is 4.98 Å².